The molecule has 0 saturated carbocycles. The van der Waals surface area contributed by atoms with Crippen molar-refractivity contribution in [2.24, 2.45) is 7.05 Å². The van der Waals surface area contributed by atoms with Crippen LogP contribution in [0.3, 0.4) is 0 Å². The third-order valence-corrected chi connectivity index (χ3v) is 4.73. The Kier molecular flexibility index (Phi) is 5.48. The molecule has 9 nitrogen and oxygen atoms in total. The van der Waals surface area contributed by atoms with Gasteiger partial charge in [0.15, 0.2) is 5.65 Å². The van der Waals surface area contributed by atoms with Crippen molar-refractivity contribution < 1.29 is 14.3 Å². The first kappa shape index (κ1) is 21.2. The molecule has 164 valence electrons. The van der Waals surface area contributed by atoms with Crippen molar-refractivity contribution in [3.63, 3.8) is 0 Å². The van der Waals surface area contributed by atoms with Crippen LogP contribution in [-0.4, -0.2) is 42.5 Å². The molecule has 3 aromatic heterocycles. The lowest BCUT2D eigenvalue weighted by Crippen LogP contribution is -2.32. The number of benzene rings is 1. The van der Waals surface area contributed by atoms with E-state index >= 15 is 0 Å². The summed E-state index contributed by atoms with van der Waals surface area (Å²) in [5.74, 6) is 0. The molecule has 0 aliphatic rings. The van der Waals surface area contributed by atoms with Gasteiger partial charge in [-0.25, -0.2) is 14.5 Å². The van der Waals surface area contributed by atoms with Gasteiger partial charge in [-0.05, 0) is 56.7 Å². The highest BCUT2D eigenvalue weighted by molar-refractivity contribution is 5.95. The fourth-order valence-corrected chi connectivity index (χ4v) is 3.38. The van der Waals surface area contributed by atoms with Crippen molar-refractivity contribution in [2.45, 2.75) is 32.9 Å². The lowest BCUT2D eigenvalue weighted by molar-refractivity contribution is 0.0523. The molecule has 0 fully saturated rings. The molecule has 0 saturated heterocycles. The minimum absolute atomic E-state index is 0.157. The Morgan fingerprint density at radius 2 is 1.94 bits per heavy atom. The summed E-state index contributed by atoms with van der Waals surface area (Å²) in [6, 6.07) is 8.95. The lowest BCUT2D eigenvalue weighted by atomic mass is 10.1. The molecule has 3 heterocycles. The Labute approximate surface area is 185 Å². The van der Waals surface area contributed by atoms with Gasteiger partial charge in [0.2, 0.25) is 0 Å². The van der Waals surface area contributed by atoms with Crippen molar-refractivity contribution >= 4 is 23.4 Å². The molecule has 0 aliphatic heterocycles. The van der Waals surface area contributed by atoms with E-state index in [2.05, 4.69) is 15.4 Å². The molecule has 32 heavy (non-hydrogen) atoms. The minimum atomic E-state index is -0.603. The molecule has 0 unspecified atom stereocenters. The quantitative estimate of drug-likeness (QED) is 0.483. The van der Waals surface area contributed by atoms with E-state index in [1.807, 2.05) is 40.1 Å². The summed E-state index contributed by atoms with van der Waals surface area (Å²) < 4.78 is 8.79. The zero-order chi connectivity index (χ0) is 22.9. The van der Waals surface area contributed by atoms with Gasteiger partial charge >= 0.3 is 6.09 Å². The van der Waals surface area contributed by atoms with Gasteiger partial charge in [0, 0.05) is 30.6 Å². The lowest BCUT2D eigenvalue weighted by Gasteiger charge is -2.19. The number of aromatic nitrogens is 5. The number of fused-ring (bicyclic) bond motifs is 1. The molecule has 1 amide bonds. The molecular formula is C23H24N6O3. The topological polar surface area (TPSA) is 104 Å². The summed E-state index contributed by atoms with van der Waals surface area (Å²) in [6.07, 6.45) is 5.67. The Morgan fingerprint density at radius 1 is 1.19 bits per heavy atom. The third kappa shape index (κ3) is 4.36. The number of hydrogen-bond acceptors (Lipinski definition) is 6. The minimum Gasteiger partial charge on any atom is -0.444 e. The predicted octanol–water partition coefficient (Wildman–Crippen LogP) is 3.66. The van der Waals surface area contributed by atoms with Crippen LogP contribution >= 0.6 is 0 Å². The van der Waals surface area contributed by atoms with E-state index in [0.717, 1.165) is 28.5 Å². The highest BCUT2D eigenvalue weighted by atomic mass is 16.6. The van der Waals surface area contributed by atoms with E-state index < -0.39 is 11.7 Å². The predicted molar refractivity (Wildman–Crippen MR) is 120 cm³/mol. The molecular weight excluding hydrogens is 408 g/mol. The van der Waals surface area contributed by atoms with Gasteiger partial charge in [-0.1, -0.05) is 0 Å². The van der Waals surface area contributed by atoms with Gasteiger partial charge < -0.3 is 10.1 Å². The van der Waals surface area contributed by atoms with Crippen LogP contribution < -0.4 is 5.32 Å². The summed E-state index contributed by atoms with van der Waals surface area (Å²) in [7, 11) is 1.85. The summed E-state index contributed by atoms with van der Waals surface area (Å²) in [4.78, 5) is 27.8. The van der Waals surface area contributed by atoms with E-state index in [1.54, 1.807) is 46.0 Å². The van der Waals surface area contributed by atoms with Gasteiger partial charge in [-0.3, -0.25) is 9.48 Å². The zero-order valence-electron chi connectivity index (χ0n) is 18.4. The number of carbonyl (C=O) groups excluding carboxylic acids is 2. The maximum Gasteiger partial charge on any atom is 0.407 e. The SMILES string of the molecule is Cn1cc(-c2ccnc3c2c(CNC(=O)OC(C)(C)C)nn3-c2ccc(C=O)cc2)cn1. The van der Waals surface area contributed by atoms with Crippen LogP contribution in [0, 0.1) is 0 Å². The van der Waals surface area contributed by atoms with Crippen LogP contribution in [0.25, 0.3) is 27.8 Å². The molecule has 0 aliphatic carbocycles. The number of pyridine rings is 1. The number of alkyl carbamates (subject to hydrolysis) is 1. The first-order valence-corrected chi connectivity index (χ1v) is 10.1. The Hall–Kier alpha value is -4.01. The van der Waals surface area contributed by atoms with Gasteiger partial charge in [0.1, 0.15) is 11.9 Å². The van der Waals surface area contributed by atoms with Crippen molar-refractivity contribution in [3.05, 3.63) is 60.2 Å². The first-order valence-electron chi connectivity index (χ1n) is 10.1. The van der Waals surface area contributed by atoms with Crippen LogP contribution in [0.15, 0.2) is 48.9 Å². The van der Waals surface area contributed by atoms with E-state index in [4.69, 9.17) is 9.84 Å². The van der Waals surface area contributed by atoms with Crippen molar-refractivity contribution in [1.82, 2.24) is 29.9 Å². The van der Waals surface area contributed by atoms with Crippen LogP contribution in [-0.2, 0) is 18.3 Å². The van der Waals surface area contributed by atoms with Gasteiger partial charge in [-0.15, -0.1) is 0 Å². The second kappa shape index (κ2) is 8.26. The van der Waals surface area contributed by atoms with Crippen molar-refractivity contribution in [1.29, 1.82) is 0 Å². The molecule has 1 aromatic carbocycles. The van der Waals surface area contributed by atoms with Crippen LogP contribution in [0.2, 0.25) is 0 Å². The molecule has 0 bridgehead atoms. The highest BCUT2D eigenvalue weighted by Gasteiger charge is 2.21. The van der Waals surface area contributed by atoms with E-state index in [9.17, 15) is 9.59 Å². The van der Waals surface area contributed by atoms with E-state index in [0.29, 0.717) is 16.9 Å². The molecule has 9 heteroatoms. The molecule has 0 atom stereocenters. The summed E-state index contributed by atoms with van der Waals surface area (Å²) in [5.41, 5.74) is 3.80. The first-order chi connectivity index (χ1) is 15.2. The van der Waals surface area contributed by atoms with Crippen LogP contribution in [0.1, 0.15) is 36.8 Å². The smallest absolute Gasteiger partial charge is 0.407 e. The number of carbonyl (C=O) groups is 2. The third-order valence-electron chi connectivity index (χ3n) is 4.73. The number of ether oxygens (including phenoxy) is 1. The van der Waals surface area contributed by atoms with Gasteiger partial charge in [-0.2, -0.15) is 10.2 Å². The number of hydrogen-bond donors (Lipinski definition) is 1. The van der Waals surface area contributed by atoms with Crippen molar-refractivity contribution in [2.75, 3.05) is 0 Å². The normalized spacial score (nSPS) is 11.5. The van der Waals surface area contributed by atoms with Gasteiger partial charge in [0.05, 0.1) is 29.5 Å². The Morgan fingerprint density at radius 3 is 2.56 bits per heavy atom. The molecule has 0 spiro atoms. The Balaban J connectivity index is 1.81. The average molecular weight is 432 g/mol. The second-order valence-electron chi connectivity index (χ2n) is 8.38. The Bertz CT molecular complexity index is 1280. The number of amides is 1. The summed E-state index contributed by atoms with van der Waals surface area (Å²) in [6.45, 7) is 5.59. The molecule has 0 radical (unpaired) electrons. The monoisotopic (exact) mass is 432 g/mol. The highest BCUT2D eigenvalue weighted by Crippen LogP contribution is 2.31. The van der Waals surface area contributed by atoms with Crippen molar-refractivity contribution in [3.8, 4) is 16.8 Å². The van der Waals surface area contributed by atoms with Crippen LogP contribution in [0.5, 0.6) is 0 Å². The zero-order valence-corrected chi connectivity index (χ0v) is 18.4. The fourth-order valence-electron chi connectivity index (χ4n) is 3.38. The number of rotatable bonds is 5. The number of aryl methyl sites for hydroxylation is 1. The standard InChI is InChI=1S/C23H24N6O3/c1-23(2,3)32-22(31)25-12-19-20-18(16-11-26-28(4)13-16)9-10-24-21(20)29(27-19)17-7-5-15(14-30)6-8-17/h5-11,13-14H,12H2,1-4H3,(H,25,31). The van der Waals surface area contributed by atoms with Crippen LogP contribution in [0.4, 0.5) is 4.79 Å². The van der Waals surface area contributed by atoms with E-state index in [1.165, 1.54) is 0 Å². The summed E-state index contributed by atoms with van der Waals surface area (Å²) in [5, 5.41) is 12.6. The molecule has 1 N–H and O–H groups in total. The van der Waals surface area contributed by atoms with Gasteiger partial charge in [0.25, 0.3) is 0 Å². The molecule has 4 aromatic rings. The average Bonchev–Trinajstić information content (AvgIpc) is 3.35. The maximum atomic E-state index is 12.2. The maximum absolute atomic E-state index is 12.2. The number of aldehydes is 1. The number of nitrogens with zero attached hydrogens (tertiary/aromatic N) is 5. The van der Waals surface area contributed by atoms with E-state index in [-0.39, 0.29) is 6.54 Å². The number of nitrogens with one attached hydrogen (secondary N) is 1. The summed E-state index contributed by atoms with van der Waals surface area (Å²) >= 11 is 0. The second-order valence-corrected chi connectivity index (χ2v) is 8.38. The molecule has 4 rings (SSSR count). The largest absolute Gasteiger partial charge is 0.444 e. The fraction of sp³-hybridized carbons (Fsp3) is 0.261.